The van der Waals surface area contributed by atoms with Crippen molar-refractivity contribution < 1.29 is 23.9 Å². The van der Waals surface area contributed by atoms with E-state index in [1.165, 1.54) is 4.90 Å². The van der Waals surface area contributed by atoms with Gasteiger partial charge in [-0.15, -0.1) is 0 Å². The van der Waals surface area contributed by atoms with E-state index < -0.39 is 34.8 Å². The molecule has 0 radical (unpaired) electrons. The van der Waals surface area contributed by atoms with E-state index >= 15 is 0 Å². The molecule has 0 aliphatic carbocycles. The van der Waals surface area contributed by atoms with Gasteiger partial charge in [-0.25, -0.2) is 20.4 Å². The summed E-state index contributed by atoms with van der Waals surface area (Å²) in [5.41, 5.74) is -1.54. The fraction of sp³-hybridized carbons (Fsp3) is 0.609. The maximum absolute atomic E-state index is 13.6. The normalized spacial score (nSPS) is 16.1. The van der Waals surface area contributed by atoms with Gasteiger partial charge in [0.2, 0.25) is 0 Å². The quantitative estimate of drug-likeness (QED) is 0.380. The van der Waals surface area contributed by atoms with Crippen LogP contribution in [-0.4, -0.2) is 52.8 Å². The molecule has 10 heteroatoms. The summed E-state index contributed by atoms with van der Waals surface area (Å²) in [6, 6.07) is 5.04. The second-order valence-corrected chi connectivity index (χ2v) is 10.8. The van der Waals surface area contributed by atoms with Crippen LogP contribution in [0.15, 0.2) is 18.2 Å². The van der Waals surface area contributed by atoms with E-state index in [0.717, 1.165) is 10.6 Å². The van der Waals surface area contributed by atoms with Crippen molar-refractivity contribution in [3.05, 3.63) is 28.8 Å². The van der Waals surface area contributed by atoms with Gasteiger partial charge in [-0.2, -0.15) is 0 Å². The fourth-order valence-corrected chi connectivity index (χ4v) is 3.78. The molecule has 3 N–H and O–H groups in total. The molecular formula is C23H35ClN4O5. The van der Waals surface area contributed by atoms with Gasteiger partial charge in [0, 0.05) is 18.1 Å². The summed E-state index contributed by atoms with van der Waals surface area (Å²) in [5.74, 6) is 5.67. The molecule has 1 aromatic carbocycles. The molecule has 0 saturated carbocycles. The lowest BCUT2D eigenvalue weighted by Crippen LogP contribution is -2.66. The Balaban J connectivity index is 2.29. The number of piperidine rings is 1. The highest BCUT2D eigenvalue weighted by Crippen LogP contribution is 2.29. The summed E-state index contributed by atoms with van der Waals surface area (Å²) < 4.78 is 10.8. The number of aryl methyl sites for hydroxylation is 1. The number of halogens is 1. The van der Waals surface area contributed by atoms with Gasteiger partial charge in [-0.05, 0) is 85.1 Å². The number of hydrogen-bond acceptors (Lipinski definition) is 6. The van der Waals surface area contributed by atoms with Gasteiger partial charge < -0.3 is 19.7 Å². The molecule has 9 nitrogen and oxygen atoms in total. The predicted octanol–water partition coefficient (Wildman–Crippen LogP) is 4.15. The van der Waals surface area contributed by atoms with Crippen molar-refractivity contribution >= 4 is 35.4 Å². The van der Waals surface area contributed by atoms with E-state index in [-0.39, 0.29) is 25.9 Å². The van der Waals surface area contributed by atoms with Crippen LogP contribution in [0, 0.1) is 6.92 Å². The first-order valence-electron chi connectivity index (χ1n) is 10.9. The molecule has 0 atom stereocenters. The molecule has 1 aliphatic rings. The average Bonchev–Trinajstić information content (AvgIpc) is 2.63. The summed E-state index contributed by atoms with van der Waals surface area (Å²) >= 11 is 6.14. The average molecular weight is 483 g/mol. The number of amides is 3. The molecule has 1 aromatic rings. The second-order valence-electron chi connectivity index (χ2n) is 10.3. The van der Waals surface area contributed by atoms with E-state index in [1.54, 1.807) is 59.7 Å². The Morgan fingerprint density at radius 3 is 2.06 bits per heavy atom. The highest BCUT2D eigenvalue weighted by Gasteiger charge is 2.47. The molecule has 1 aliphatic heterocycles. The van der Waals surface area contributed by atoms with Crippen LogP contribution >= 0.6 is 11.6 Å². The molecule has 0 aromatic heterocycles. The lowest BCUT2D eigenvalue weighted by molar-refractivity contribution is -0.127. The van der Waals surface area contributed by atoms with Crippen LogP contribution in [-0.2, 0) is 14.3 Å². The van der Waals surface area contributed by atoms with Crippen LogP contribution in [0.3, 0.4) is 0 Å². The molecule has 2 rings (SSSR count). The Hall–Kier alpha value is -2.52. The van der Waals surface area contributed by atoms with E-state index in [2.05, 4.69) is 5.32 Å². The molecule has 184 valence electrons. The molecule has 0 unspecified atom stereocenters. The largest absolute Gasteiger partial charge is 0.444 e. The summed E-state index contributed by atoms with van der Waals surface area (Å²) in [6.07, 6.45) is -0.942. The first-order valence-corrected chi connectivity index (χ1v) is 11.2. The third kappa shape index (κ3) is 7.50. The number of anilines is 1. The van der Waals surface area contributed by atoms with Crippen molar-refractivity contribution in [3.8, 4) is 0 Å². The molecule has 0 spiro atoms. The highest BCUT2D eigenvalue weighted by molar-refractivity contribution is 6.31. The van der Waals surface area contributed by atoms with Gasteiger partial charge >= 0.3 is 12.2 Å². The third-order valence-electron chi connectivity index (χ3n) is 4.94. The van der Waals surface area contributed by atoms with Crippen molar-refractivity contribution in [2.45, 2.75) is 78.0 Å². The zero-order chi connectivity index (χ0) is 25.2. The minimum absolute atomic E-state index is 0.136. The first-order chi connectivity index (χ1) is 15.0. The second kappa shape index (κ2) is 9.77. The van der Waals surface area contributed by atoms with Crippen LogP contribution in [0.1, 0.15) is 59.9 Å². The van der Waals surface area contributed by atoms with E-state index in [0.29, 0.717) is 10.7 Å². The lowest BCUT2D eigenvalue weighted by Gasteiger charge is -2.42. The van der Waals surface area contributed by atoms with Gasteiger partial charge in [0.05, 0.1) is 5.69 Å². The third-order valence-corrected chi connectivity index (χ3v) is 5.16. The number of likely N-dealkylation sites (tertiary alicyclic amines) is 1. The van der Waals surface area contributed by atoms with Gasteiger partial charge in [0.1, 0.15) is 16.7 Å². The van der Waals surface area contributed by atoms with Crippen LogP contribution < -0.4 is 16.2 Å². The number of ether oxygens (including phenoxy) is 2. The van der Waals surface area contributed by atoms with Gasteiger partial charge in [-0.1, -0.05) is 11.6 Å². The van der Waals surface area contributed by atoms with Crippen molar-refractivity contribution in [1.82, 2.24) is 10.2 Å². The zero-order valence-corrected chi connectivity index (χ0v) is 21.2. The summed E-state index contributed by atoms with van der Waals surface area (Å²) in [7, 11) is 0. The zero-order valence-electron chi connectivity index (χ0n) is 20.5. The number of rotatable bonds is 3. The van der Waals surface area contributed by atoms with E-state index in [1.807, 2.05) is 6.92 Å². The first kappa shape index (κ1) is 26.7. The molecular weight excluding hydrogens is 448 g/mol. The number of nitrogens with one attached hydrogen (secondary N) is 1. The summed E-state index contributed by atoms with van der Waals surface area (Å²) in [5, 5.41) is 4.15. The molecule has 1 saturated heterocycles. The minimum Gasteiger partial charge on any atom is -0.444 e. The van der Waals surface area contributed by atoms with Crippen LogP contribution in [0.4, 0.5) is 15.3 Å². The molecule has 0 bridgehead atoms. The molecule has 33 heavy (non-hydrogen) atoms. The van der Waals surface area contributed by atoms with Crippen LogP contribution in [0.25, 0.3) is 0 Å². The number of carbonyl (C=O) groups is 3. The number of carbonyl (C=O) groups excluding carboxylic acids is 3. The Morgan fingerprint density at radius 2 is 1.58 bits per heavy atom. The smallest absolute Gasteiger partial charge is 0.410 e. The molecule has 3 amide bonds. The standard InChI is InChI=1S/C23H35ClN4O5/c1-15-12-16(24)14-17(13-15)28(25)18(29)23(26-19(30)32-21(2,3)4)8-10-27(11-9-23)20(31)33-22(5,6)7/h12-14H,8-11,25H2,1-7H3,(H,26,30). The van der Waals surface area contributed by atoms with Gasteiger partial charge in [0.25, 0.3) is 5.91 Å². The Labute approximate surface area is 200 Å². The van der Waals surface area contributed by atoms with Gasteiger partial charge in [-0.3, -0.25) is 4.79 Å². The van der Waals surface area contributed by atoms with E-state index in [4.69, 9.17) is 26.9 Å². The Morgan fingerprint density at radius 1 is 1.03 bits per heavy atom. The number of hydrogen-bond donors (Lipinski definition) is 2. The highest BCUT2D eigenvalue weighted by atomic mass is 35.5. The lowest BCUT2D eigenvalue weighted by atomic mass is 9.86. The number of hydrazine groups is 1. The van der Waals surface area contributed by atoms with Crippen LogP contribution in [0.2, 0.25) is 5.02 Å². The van der Waals surface area contributed by atoms with Crippen molar-refractivity contribution in [1.29, 1.82) is 0 Å². The van der Waals surface area contributed by atoms with Crippen molar-refractivity contribution in [2.75, 3.05) is 18.1 Å². The fourth-order valence-electron chi connectivity index (χ4n) is 3.49. The summed E-state index contributed by atoms with van der Waals surface area (Å²) in [4.78, 5) is 40.2. The molecule has 1 fully saturated rings. The van der Waals surface area contributed by atoms with Gasteiger partial charge in [0.15, 0.2) is 0 Å². The van der Waals surface area contributed by atoms with Crippen LogP contribution in [0.5, 0.6) is 0 Å². The number of nitrogens with zero attached hydrogens (tertiary/aromatic N) is 2. The van der Waals surface area contributed by atoms with E-state index in [9.17, 15) is 14.4 Å². The predicted molar refractivity (Wildman–Crippen MR) is 127 cm³/mol. The number of nitrogens with two attached hydrogens (primary N) is 1. The monoisotopic (exact) mass is 482 g/mol. The SMILES string of the molecule is Cc1cc(Cl)cc(N(N)C(=O)C2(NC(=O)OC(C)(C)C)CCN(C(=O)OC(C)(C)C)CC2)c1. The Kier molecular flexibility index (Phi) is 7.91. The maximum Gasteiger partial charge on any atom is 0.410 e. The number of benzene rings is 1. The number of alkyl carbamates (subject to hydrolysis) is 1. The topological polar surface area (TPSA) is 114 Å². The Bertz CT molecular complexity index is 879. The van der Waals surface area contributed by atoms with Crippen molar-refractivity contribution in [2.24, 2.45) is 5.84 Å². The molecule has 1 heterocycles. The summed E-state index contributed by atoms with van der Waals surface area (Å²) in [6.45, 7) is 12.8. The minimum atomic E-state index is -1.37. The maximum atomic E-state index is 13.6. The van der Waals surface area contributed by atoms with Crippen molar-refractivity contribution in [3.63, 3.8) is 0 Å².